The van der Waals surface area contributed by atoms with Crippen LogP contribution in [0.15, 0.2) is 42.5 Å². The summed E-state index contributed by atoms with van der Waals surface area (Å²) in [6.45, 7) is 4.22. The lowest BCUT2D eigenvalue weighted by atomic mass is 10.1. The van der Waals surface area contributed by atoms with E-state index in [1.807, 2.05) is 24.3 Å². The Morgan fingerprint density at radius 3 is 2.67 bits per heavy atom. The number of fused-ring (bicyclic) bond motifs is 1. The molecule has 0 aliphatic heterocycles. The van der Waals surface area contributed by atoms with E-state index in [0.29, 0.717) is 0 Å². The predicted octanol–water partition coefficient (Wildman–Crippen LogP) is 4.80. The minimum Gasteiger partial charge on any atom is -0.136 e. The highest BCUT2D eigenvalue weighted by Gasteiger charge is 2.03. The Kier molecular flexibility index (Phi) is 3.02. The number of benzene rings is 1. The summed E-state index contributed by atoms with van der Waals surface area (Å²) in [7, 11) is 0. The summed E-state index contributed by atoms with van der Waals surface area (Å²) in [6.07, 6.45) is 8.38. The van der Waals surface area contributed by atoms with Crippen LogP contribution in [0.3, 0.4) is 0 Å². The molecule has 0 aliphatic rings. The van der Waals surface area contributed by atoms with Crippen molar-refractivity contribution in [2.75, 3.05) is 0 Å². The van der Waals surface area contributed by atoms with Gasteiger partial charge in [-0.3, -0.25) is 0 Å². The lowest BCUT2D eigenvalue weighted by molar-refractivity contribution is 1.57. The fraction of sp³-hybridized carbons (Fsp3) is 0.143. The standard InChI is InChI=1S/C14H14S/c1-3-4-5-9-13-11(2)12-8-6-7-10-14(12)15-13/h3-10H,1-2H3. The SMILES string of the molecule is CC=CC=Cc1sc2ccccc2c1C. The Morgan fingerprint density at radius 2 is 1.93 bits per heavy atom. The maximum absolute atomic E-state index is 2.19. The van der Waals surface area contributed by atoms with Crippen molar-refractivity contribution < 1.29 is 0 Å². The largest absolute Gasteiger partial charge is 0.136 e. The average Bonchev–Trinajstić information content (AvgIpc) is 2.57. The van der Waals surface area contributed by atoms with Gasteiger partial charge in [0.2, 0.25) is 0 Å². The Bertz CT molecular complexity index is 515. The summed E-state index contributed by atoms with van der Waals surface area (Å²) < 4.78 is 1.37. The topological polar surface area (TPSA) is 0 Å². The molecule has 76 valence electrons. The van der Waals surface area contributed by atoms with Crippen LogP contribution in [-0.4, -0.2) is 0 Å². The van der Waals surface area contributed by atoms with Crippen molar-refractivity contribution in [1.29, 1.82) is 0 Å². The van der Waals surface area contributed by atoms with Gasteiger partial charge in [-0.25, -0.2) is 0 Å². The summed E-state index contributed by atoms with van der Waals surface area (Å²) in [5.74, 6) is 0. The van der Waals surface area contributed by atoms with Gasteiger partial charge in [-0.2, -0.15) is 0 Å². The molecule has 0 nitrogen and oxygen atoms in total. The molecule has 0 spiro atoms. The first-order valence-corrected chi connectivity index (χ1v) is 5.92. The molecule has 15 heavy (non-hydrogen) atoms. The number of hydrogen-bond acceptors (Lipinski definition) is 1. The number of rotatable bonds is 2. The maximum atomic E-state index is 2.19. The van der Waals surface area contributed by atoms with Gasteiger partial charge in [-0.05, 0) is 36.9 Å². The van der Waals surface area contributed by atoms with Crippen LogP contribution in [0.2, 0.25) is 0 Å². The van der Waals surface area contributed by atoms with Crippen LogP contribution in [0.25, 0.3) is 16.2 Å². The first kappa shape index (κ1) is 10.2. The number of hydrogen-bond donors (Lipinski definition) is 0. The summed E-state index contributed by atoms with van der Waals surface area (Å²) >= 11 is 1.85. The zero-order valence-corrected chi connectivity index (χ0v) is 9.84. The van der Waals surface area contributed by atoms with Crippen LogP contribution in [0.4, 0.5) is 0 Å². The van der Waals surface area contributed by atoms with Gasteiger partial charge in [-0.1, -0.05) is 36.4 Å². The van der Waals surface area contributed by atoms with E-state index in [4.69, 9.17) is 0 Å². The molecule has 0 radical (unpaired) electrons. The van der Waals surface area contributed by atoms with E-state index < -0.39 is 0 Å². The molecular weight excluding hydrogens is 200 g/mol. The Morgan fingerprint density at radius 1 is 1.13 bits per heavy atom. The molecule has 0 saturated heterocycles. The van der Waals surface area contributed by atoms with Crippen LogP contribution in [0, 0.1) is 6.92 Å². The van der Waals surface area contributed by atoms with Crippen LogP contribution in [0.5, 0.6) is 0 Å². The predicted molar refractivity (Wildman–Crippen MR) is 70.4 cm³/mol. The molecule has 0 bridgehead atoms. The van der Waals surface area contributed by atoms with Crippen LogP contribution >= 0.6 is 11.3 Å². The summed E-state index contributed by atoms with van der Waals surface area (Å²) in [4.78, 5) is 1.36. The van der Waals surface area contributed by atoms with E-state index in [0.717, 1.165) is 0 Å². The molecule has 0 aliphatic carbocycles. The minimum atomic E-state index is 1.36. The molecule has 0 atom stereocenters. The average molecular weight is 214 g/mol. The van der Waals surface area contributed by atoms with E-state index in [1.165, 1.54) is 20.5 Å². The lowest BCUT2D eigenvalue weighted by Gasteiger charge is -1.90. The summed E-state index contributed by atoms with van der Waals surface area (Å²) in [5.41, 5.74) is 1.39. The molecule has 0 amide bonds. The molecule has 2 rings (SSSR count). The molecule has 1 aromatic heterocycles. The number of allylic oxidation sites excluding steroid dienone is 3. The summed E-state index contributed by atoms with van der Waals surface area (Å²) in [6, 6.07) is 8.56. The van der Waals surface area contributed by atoms with Gasteiger partial charge >= 0.3 is 0 Å². The highest BCUT2D eigenvalue weighted by molar-refractivity contribution is 7.20. The van der Waals surface area contributed by atoms with Crippen molar-refractivity contribution in [2.24, 2.45) is 0 Å². The van der Waals surface area contributed by atoms with E-state index in [-0.39, 0.29) is 0 Å². The van der Waals surface area contributed by atoms with E-state index >= 15 is 0 Å². The third kappa shape index (κ3) is 2.02. The first-order chi connectivity index (χ1) is 7.33. The zero-order chi connectivity index (χ0) is 10.7. The second-order valence-electron chi connectivity index (χ2n) is 3.47. The number of thiophene rings is 1. The smallest absolute Gasteiger partial charge is 0.0351 e. The highest BCUT2D eigenvalue weighted by Crippen LogP contribution is 2.31. The monoisotopic (exact) mass is 214 g/mol. The van der Waals surface area contributed by atoms with Gasteiger partial charge in [-0.15, -0.1) is 11.3 Å². The van der Waals surface area contributed by atoms with E-state index in [2.05, 4.69) is 49.4 Å². The maximum Gasteiger partial charge on any atom is 0.0351 e. The van der Waals surface area contributed by atoms with Crippen LogP contribution in [-0.2, 0) is 0 Å². The molecular formula is C14H14S. The van der Waals surface area contributed by atoms with Gasteiger partial charge in [0.05, 0.1) is 0 Å². The zero-order valence-electron chi connectivity index (χ0n) is 9.03. The molecule has 0 unspecified atom stereocenters. The third-order valence-corrected chi connectivity index (χ3v) is 3.67. The Balaban J connectivity index is 2.48. The second-order valence-corrected chi connectivity index (χ2v) is 4.56. The normalized spacial score (nSPS) is 12.1. The van der Waals surface area contributed by atoms with E-state index in [9.17, 15) is 0 Å². The Hall–Kier alpha value is -1.34. The molecule has 1 heteroatoms. The van der Waals surface area contributed by atoms with Crippen molar-refractivity contribution >= 4 is 27.5 Å². The van der Waals surface area contributed by atoms with Gasteiger partial charge in [0.15, 0.2) is 0 Å². The van der Waals surface area contributed by atoms with Gasteiger partial charge in [0.1, 0.15) is 0 Å². The molecule has 1 heterocycles. The molecule has 0 saturated carbocycles. The second kappa shape index (κ2) is 4.45. The fourth-order valence-electron chi connectivity index (χ4n) is 1.61. The highest BCUT2D eigenvalue weighted by atomic mass is 32.1. The summed E-state index contributed by atoms with van der Waals surface area (Å²) in [5, 5.41) is 1.38. The third-order valence-electron chi connectivity index (χ3n) is 2.43. The van der Waals surface area contributed by atoms with Crippen LogP contribution in [0.1, 0.15) is 17.4 Å². The number of aryl methyl sites for hydroxylation is 1. The van der Waals surface area contributed by atoms with Gasteiger partial charge in [0, 0.05) is 9.58 Å². The minimum absolute atomic E-state index is 1.36. The Labute approximate surface area is 94.6 Å². The van der Waals surface area contributed by atoms with Crippen molar-refractivity contribution in [1.82, 2.24) is 0 Å². The van der Waals surface area contributed by atoms with Gasteiger partial charge in [0.25, 0.3) is 0 Å². The van der Waals surface area contributed by atoms with Crippen molar-refractivity contribution in [3.63, 3.8) is 0 Å². The van der Waals surface area contributed by atoms with Crippen molar-refractivity contribution in [3.05, 3.63) is 52.9 Å². The van der Waals surface area contributed by atoms with Gasteiger partial charge < -0.3 is 0 Å². The van der Waals surface area contributed by atoms with Crippen LogP contribution < -0.4 is 0 Å². The van der Waals surface area contributed by atoms with E-state index in [1.54, 1.807) is 0 Å². The van der Waals surface area contributed by atoms with Crippen molar-refractivity contribution in [2.45, 2.75) is 13.8 Å². The molecule has 0 fully saturated rings. The van der Waals surface area contributed by atoms with Crippen molar-refractivity contribution in [3.8, 4) is 0 Å². The molecule has 2 aromatic rings. The molecule has 0 N–H and O–H groups in total. The molecule has 1 aromatic carbocycles. The first-order valence-electron chi connectivity index (χ1n) is 5.10. The lowest BCUT2D eigenvalue weighted by Crippen LogP contribution is -1.69. The quantitative estimate of drug-likeness (QED) is 0.630. The fourth-order valence-corrected chi connectivity index (χ4v) is 2.73.